The summed E-state index contributed by atoms with van der Waals surface area (Å²) in [6, 6.07) is 0. The van der Waals surface area contributed by atoms with Gasteiger partial charge in [0, 0.05) is 9.05 Å². The Labute approximate surface area is 102 Å². The summed E-state index contributed by atoms with van der Waals surface area (Å²) in [5, 5.41) is 0. The molecule has 0 amide bonds. The summed E-state index contributed by atoms with van der Waals surface area (Å²) in [4.78, 5) is 44.8. The third kappa shape index (κ3) is 11.6. The molecule has 98 valence electrons. The van der Waals surface area contributed by atoms with E-state index in [-0.39, 0.29) is 18.9 Å². The first-order chi connectivity index (χ1) is 6.96. The van der Waals surface area contributed by atoms with Gasteiger partial charge in [0.05, 0.1) is 0 Å². The molecule has 0 rings (SSSR count). The number of rotatable bonds is 2. The van der Waals surface area contributed by atoms with Gasteiger partial charge in [0.15, 0.2) is 0 Å². The van der Waals surface area contributed by atoms with Crippen LogP contribution in [-0.4, -0.2) is 51.4 Å². The fraction of sp³-hybridized carbons (Fsp3) is 0.333. The summed E-state index contributed by atoms with van der Waals surface area (Å²) in [7, 11) is -4.64. The Hall–Kier alpha value is -0.633. The van der Waals surface area contributed by atoms with Crippen LogP contribution in [-0.2, 0) is 24.0 Å². The van der Waals surface area contributed by atoms with Crippen molar-refractivity contribution in [1.82, 2.24) is 0 Å². The summed E-state index contributed by atoms with van der Waals surface area (Å²) in [6.07, 6.45) is 0. The molecule has 8 nitrogen and oxygen atoms in total. The average molecular weight is 282 g/mol. The van der Waals surface area contributed by atoms with E-state index in [4.69, 9.17) is 19.2 Å². The van der Waals surface area contributed by atoms with Crippen molar-refractivity contribution in [3.05, 3.63) is 0 Å². The fourth-order valence-electron chi connectivity index (χ4n) is 0.180. The Bertz CT molecular complexity index is 277. The van der Waals surface area contributed by atoms with Crippen molar-refractivity contribution in [3.63, 3.8) is 0 Å². The quantitative estimate of drug-likeness (QED) is 0.252. The number of hydrogen-bond acceptors (Lipinski definition) is 5. The van der Waals surface area contributed by atoms with E-state index in [9.17, 15) is 27.4 Å². The summed E-state index contributed by atoms with van der Waals surface area (Å²) in [5.74, 6) is -10.6. The second-order valence-electron chi connectivity index (χ2n) is 1.82. The van der Waals surface area contributed by atoms with Crippen LogP contribution in [0.3, 0.4) is 0 Å². The Morgan fingerprint density at radius 1 is 1.00 bits per heavy atom. The molecule has 0 saturated heterocycles. The minimum atomic E-state index is -4.95. The Morgan fingerprint density at radius 2 is 1.18 bits per heavy atom. The van der Waals surface area contributed by atoms with E-state index in [1.807, 2.05) is 9.88 Å². The van der Waals surface area contributed by atoms with E-state index >= 15 is 0 Å². The van der Waals surface area contributed by atoms with Crippen molar-refractivity contribution >= 4 is 38.6 Å². The van der Waals surface area contributed by atoms with Crippen molar-refractivity contribution in [2.45, 2.75) is 5.92 Å². The maximum absolute atomic E-state index is 11.8. The topological polar surface area (TPSA) is 130 Å². The van der Waals surface area contributed by atoms with Gasteiger partial charge in [-0.2, -0.15) is 8.78 Å². The molecule has 0 aliphatic carbocycles. The van der Waals surface area contributed by atoms with E-state index < -0.39 is 25.7 Å². The van der Waals surface area contributed by atoms with Gasteiger partial charge in [-0.05, 0) is 0 Å². The SMILES string of the molecule is O=C(OF)C(F)(F)C(=O)OF.O=P(O)(O)O.[LiH]. The number of hydrogen-bond donors (Lipinski definition) is 3. The summed E-state index contributed by atoms with van der Waals surface area (Å²) in [5.41, 5.74) is 0. The molecule has 0 heterocycles. The van der Waals surface area contributed by atoms with Crippen LogP contribution in [0.5, 0.6) is 0 Å². The number of phosphoric acid groups is 1. The molecule has 0 radical (unpaired) electrons. The van der Waals surface area contributed by atoms with E-state index in [1.54, 1.807) is 0 Å². The van der Waals surface area contributed by atoms with Crippen LogP contribution in [0.4, 0.5) is 17.8 Å². The predicted octanol–water partition coefficient (Wildman–Crippen LogP) is -1.10. The molecule has 0 aliphatic rings. The molecular weight excluding hydrogens is 278 g/mol. The van der Waals surface area contributed by atoms with Gasteiger partial charge in [0.2, 0.25) is 0 Å². The van der Waals surface area contributed by atoms with Crippen molar-refractivity contribution in [2.24, 2.45) is 0 Å². The zero-order valence-corrected chi connectivity index (χ0v) is 7.74. The monoisotopic (exact) mass is 282 g/mol. The van der Waals surface area contributed by atoms with Crippen LogP contribution in [0.1, 0.15) is 0 Å². The predicted molar refractivity (Wildman–Crippen MR) is 40.8 cm³/mol. The molecule has 0 aromatic carbocycles. The molecule has 0 aromatic heterocycles. The van der Waals surface area contributed by atoms with Gasteiger partial charge in [0.25, 0.3) is 0 Å². The van der Waals surface area contributed by atoms with Crippen LogP contribution < -0.4 is 0 Å². The van der Waals surface area contributed by atoms with Crippen molar-refractivity contribution in [1.29, 1.82) is 0 Å². The van der Waals surface area contributed by atoms with Gasteiger partial charge in [-0.15, -0.1) is 0 Å². The van der Waals surface area contributed by atoms with Crippen LogP contribution >= 0.6 is 7.82 Å². The molecule has 0 spiro atoms. The molecule has 0 bridgehead atoms. The van der Waals surface area contributed by atoms with E-state index in [0.29, 0.717) is 0 Å². The second-order valence-corrected chi connectivity index (χ2v) is 2.84. The van der Waals surface area contributed by atoms with Gasteiger partial charge < -0.3 is 14.7 Å². The van der Waals surface area contributed by atoms with E-state index in [0.717, 1.165) is 0 Å². The number of carbonyl (C=O) groups excluding carboxylic acids is 2. The zero-order valence-electron chi connectivity index (χ0n) is 6.84. The van der Waals surface area contributed by atoms with Gasteiger partial charge in [0.1, 0.15) is 0 Å². The van der Waals surface area contributed by atoms with Gasteiger partial charge in [-0.1, -0.05) is 0 Å². The molecule has 0 saturated carbocycles. The van der Waals surface area contributed by atoms with Crippen molar-refractivity contribution in [2.75, 3.05) is 0 Å². The molecule has 0 aliphatic heterocycles. The molecule has 0 fully saturated rings. The molecular formula is C3H4F4LiO8P. The maximum atomic E-state index is 11.8. The van der Waals surface area contributed by atoms with Gasteiger partial charge in [-0.3, -0.25) is 0 Å². The van der Waals surface area contributed by atoms with Gasteiger partial charge in [-0.25, -0.2) is 24.0 Å². The first-order valence-corrected chi connectivity index (χ1v) is 4.35. The third-order valence-electron chi connectivity index (χ3n) is 0.653. The molecule has 17 heavy (non-hydrogen) atoms. The van der Waals surface area contributed by atoms with Crippen LogP contribution in [0.15, 0.2) is 0 Å². The molecule has 3 N–H and O–H groups in total. The minimum absolute atomic E-state index is 0. The Balaban J connectivity index is -0.000000280. The molecule has 0 atom stereocenters. The average Bonchev–Trinajstić information content (AvgIpc) is 2.12. The summed E-state index contributed by atoms with van der Waals surface area (Å²) in [6.45, 7) is 0. The number of carbonyl (C=O) groups is 2. The van der Waals surface area contributed by atoms with Crippen LogP contribution in [0.25, 0.3) is 0 Å². The van der Waals surface area contributed by atoms with Crippen molar-refractivity contribution in [3.8, 4) is 0 Å². The van der Waals surface area contributed by atoms with Gasteiger partial charge >= 0.3 is 44.5 Å². The number of alkyl halides is 2. The Kier molecular flexibility index (Phi) is 10.8. The second kappa shape index (κ2) is 8.46. The molecule has 0 unspecified atom stereocenters. The van der Waals surface area contributed by atoms with E-state index in [2.05, 4.69) is 0 Å². The first kappa shape index (κ1) is 21.6. The van der Waals surface area contributed by atoms with Crippen molar-refractivity contribution < 1.29 is 56.6 Å². The summed E-state index contributed by atoms with van der Waals surface area (Å²) < 4.78 is 53.9. The number of halogens is 4. The molecule has 14 heteroatoms. The third-order valence-corrected chi connectivity index (χ3v) is 0.653. The zero-order chi connectivity index (χ0) is 13.6. The summed E-state index contributed by atoms with van der Waals surface area (Å²) >= 11 is 0. The fourth-order valence-corrected chi connectivity index (χ4v) is 0.180. The standard InChI is InChI=1S/C3F4O4.Li.H3O4P.H/c4-3(5,1(8)10-6)2(9)11-7;;1-5(2,3)4;/h;;(H3,1,2,3,4);. The van der Waals surface area contributed by atoms with Crippen LogP contribution in [0, 0.1) is 0 Å². The molecule has 0 aromatic rings. The first-order valence-electron chi connectivity index (χ1n) is 2.79. The van der Waals surface area contributed by atoms with E-state index in [1.165, 1.54) is 0 Å². The Morgan fingerprint density at radius 3 is 1.29 bits per heavy atom. The normalized spacial score (nSPS) is 10.3. The van der Waals surface area contributed by atoms with Crippen LogP contribution in [0.2, 0.25) is 0 Å².